The number of amides is 2. The van der Waals surface area contributed by atoms with Crippen LogP contribution in [-0.2, 0) is 9.59 Å². The van der Waals surface area contributed by atoms with Gasteiger partial charge in [0.1, 0.15) is 0 Å². The van der Waals surface area contributed by atoms with E-state index in [-0.39, 0.29) is 11.8 Å². The Bertz CT molecular complexity index is 937. The molecule has 30 heavy (non-hydrogen) atoms. The van der Waals surface area contributed by atoms with Gasteiger partial charge in [-0.2, -0.15) is 0 Å². The number of aryl methyl sites for hydroxylation is 4. The number of nitrogens with zero attached hydrogens (tertiary/aromatic N) is 2. The Morgan fingerprint density at radius 1 is 0.933 bits per heavy atom. The van der Waals surface area contributed by atoms with Gasteiger partial charge in [0.25, 0.3) is 0 Å². The van der Waals surface area contributed by atoms with Gasteiger partial charge in [-0.1, -0.05) is 42.0 Å². The monoisotopic (exact) mass is 405 g/mol. The second-order valence-electron chi connectivity index (χ2n) is 8.11. The predicted octanol–water partition coefficient (Wildman–Crippen LogP) is 3.72. The van der Waals surface area contributed by atoms with E-state index in [2.05, 4.69) is 36.2 Å². The van der Waals surface area contributed by atoms with Crippen molar-refractivity contribution in [3.8, 4) is 0 Å². The van der Waals surface area contributed by atoms with Crippen molar-refractivity contribution < 1.29 is 9.59 Å². The van der Waals surface area contributed by atoms with E-state index in [1.165, 1.54) is 11.1 Å². The van der Waals surface area contributed by atoms with Crippen molar-refractivity contribution in [1.82, 2.24) is 9.80 Å². The summed E-state index contributed by atoms with van der Waals surface area (Å²) in [5.41, 5.74) is 6.47. The van der Waals surface area contributed by atoms with E-state index >= 15 is 0 Å². The average Bonchev–Trinajstić information content (AvgIpc) is 2.70. The van der Waals surface area contributed by atoms with E-state index in [1.54, 1.807) is 6.08 Å². The van der Waals surface area contributed by atoms with E-state index < -0.39 is 0 Å². The lowest BCUT2D eigenvalue weighted by molar-refractivity contribution is -0.127. The molecule has 2 aromatic carbocycles. The second kappa shape index (κ2) is 9.72. The highest BCUT2D eigenvalue weighted by molar-refractivity contribution is 5.94. The summed E-state index contributed by atoms with van der Waals surface area (Å²) in [4.78, 5) is 29.0. The van der Waals surface area contributed by atoms with Gasteiger partial charge in [-0.05, 0) is 56.0 Å². The van der Waals surface area contributed by atoms with Crippen molar-refractivity contribution in [2.24, 2.45) is 0 Å². The summed E-state index contributed by atoms with van der Waals surface area (Å²) < 4.78 is 0. The lowest BCUT2D eigenvalue weighted by Gasteiger charge is -2.33. The Labute approximate surface area is 179 Å². The summed E-state index contributed by atoms with van der Waals surface area (Å²) in [6.45, 7) is 11.1. The zero-order valence-corrected chi connectivity index (χ0v) is 18.4. The first kappa shape index (κ1) is 21.8. The van der Waals surface area contributed by atoms with Crippen LogP contribution in [0.4, 0.5) is 5.69 Å². The van der Waals surface area contributed by atoms with Crippen LogP contribution in [-0.4, -0.2) is 54.3 Å². The summed E-state index contributed by atoms with van der Waals surface area (Å²) in [6.07, 6.45) is 3.54. The molecule has 1 saturated heterocycles. The second-order valence-corrected chi connectivity index (χ2v) is 8.11. The third-order valence-corrected chi connectivity index (χ3v) is 5.63. The number of para-hydroxylation sites is 1. The molecule has 3 rings (SSSR count). The van der Waals surface area contributed by atoms with E-state index in [0.717, 1.165) is 22.4 Å². The van der Waals surface area contributed by atoms with Gasteiger partial charge in [-0.15, -0.1) is 0 Å². The van der Waals surface area contributed by atoms with Gasteiger partial charge in [0.05, 0.1) is 6.54 Å². The van der Waals surface area contributed by atoms with Crippen molar-refractivity contribution in [1.29, 1.82) is 0 Å². The van der Waals surface area contributed by atoms with Crippen molar-refractivity contribution in [3.63, 3.8) is 0 Å². The number of benzene rings is 2. The fourth-order valence-corrected chi connectivity index (χ4v) is 3.80. The number of piperazine rings is 1. The Balaban J connectivity index is 1.49. The van der Waals surface area contributed by atoms with Crippen molar-refractivity contribution in [2.75, 3.05) is 38.0 Å². The van der Waals surface area contributed by atoms with Crippen LogP contribution in [0.15, 0.2) is 42.5 Å². The summed E-state index contributed by atoms with van der Waals surface area (Å²) in [5.74, 6) is 0.0107. The van der Waals surface area contributed by atoms with E-state index in [0.29, 0.717) is 32.7 Å². The van der Waals surface area contributed by atoms with E-state index in [1.807, 2.05) is 49.1 Å². The smallest absolute Gasteiger partial charge is 0.246 e. The molecule has 0 saturated carbocycles. The normalized spacial score (nSPS) is 14.9. The minimum atomic E-state index is -0.0121. The molecular weight excluding hydrogens is 374 g/mol. The number of hydrogen-bond donors (Lipinski definition) is 1. The quantitative estimate of drug-likeness (QED) is 0.772. The molecule has 1 aliphatic rings. The first-order chi connectivity index (χ1) is 14.3. The topological polar surface area (TPSA) is 52.7 Å². The number of carbonyl (C=O) groups is 2. The van der Waals surface area contributed by atoms with Crippen LogP contribution in [0, 0.1) is 27.7 Å². The molecule has 0 radical (unpaired) electrons. The molecule has 2 amide bonds. The van der Waals surface area contributed by atoms with E-state index in [4.69, 9.17) is 0 Å². The zero-order valence-electron chi connectivity index (χ0n) is 18.4. The molecule has 158 valence electrons. The number of carbonyl (C=O) groups excluding carboxylic acids is 2. The molecular formula is C25H31N3O2. The number of anilines is 1. The highest BCUT2D eigenvalue weighted by Gasteiger charge is 2.21. The number of nitrogens with one attached hydrogen (secondary N) is 1. The zero-order chi connectivity index (χ0) is 21.7. The summed E-state index contributed by atoms with van der Waals surface area (Å²) >= 11 is 0. The maximum absolute atomic E-state index is 12.5. The summed E-state index contributed by atoms with van der Waals surface area (Å²) in [7, 11) is 0. The van der Waals surface area contributed by atoms with Gasteiger partial charge in [-0.25, -0.2) is 0 Å². The maximum atomic E-state index is 12.5. The van der Waals surface area contributed by atoms with Gasteiger partial charge < -0.3 is 10.2 Å². The van der Waals surface area contributed by atoms with Crippen LogP contribution in [0.3, 0.4) is 0 Å². The minimum Gasteiger partial charge on any atom is -0.337 e. The van der Waals surface area contributed by atoms with Crippen LogP contribution < -0.4 is 5.32 Å². The molecule has 0 atom stereocenters. The molecule has 0 spiro atoms. The highest BCUT2D eigenvalue weighted by Crippen LogP contribution is 2.19. The fraction of sp³-hybridized carbons (Fsp3) is 0.360. The van der Waals surface area contributed by atoms with Gasteiger partial charge in [0.15, 0.2) is 0 Å². The Kier molecular flexibility index (Phi) is 7.06. The number of rotatable bonds is 5. The minimum absolute atomic E-state index is 0.0121. The molecule has 1 N–H and O–H groups in total. The molecule has 1 aliphatic heterocycles. The Morgan fingerprint density at radius 3 is 2.23 bits per heavy atom. The fourth-order valence-electron chi connectivity index (χ4n) is 3.80. The van der Waals surface area contributed by atoms with Crippen LogP contribution in [0.5, 0.6) is 0 Å². The van der Waals surface area contributed by atoms with Crippen LogP contribution >= 0.6 is 0 Å². The van der Waals surface area contributed by atoms with Crippen molar-refractivity contribution in [3.05, 3.63) is 70.3 Å². The molecule has 2 aromatic rings. The molecule has 0 unspecified atom stereocenters. The van der Waals surface area contributed by atoms with Gasteiger partial charge >= 0.3 is 0 Å². The van der Waals surface area contributed by atoms with Crippen molar-refractivity contribution in [2.45, 2.75) is 27.7 Å². The maximum Gasteiger partial charge on any atom is 0.246 e. The lowest BCUT2D eigenvalue weighted by Crippen LogP contribution is -2.50. The van der Waals surface area contributed by atoms with Gasteiger partial charge in [0.2, 0.25) is 11.8 Å². The van der Waals surface area contributed by atoms with Gasteiger partial charge in [-0.3, -0.25) is 14.5 Å². The highest BCUT2D eigenvalue weighted by atomic mass is 16.2. The standard InChI is InChI=1S/C25H31N3O2/c1-18-8-9-22(21(4)16-18)10-11-24(30)28-14-12-27(13-15-28)17-23(29)26-25-19(2)6-5-7-20(25)3/h5-11,16H,12-15,17H2,1-4H3,(H,26,29)/b11-10+. The molecule has 5 heteroatoms. The third kappa shape index (κ3) is 5.57. The Morgan fingerprint density at radius 2 is 1.60 bits per heavy atom. The van der Waals surface area contributed by atoms with Crippen LogP contribution in [0.2, 0.25) is 0 Å². The average molecular weight is 406 g/mol. The third-order valence-electron chi connectivity index (χ3n) is 5.63. The van der Waals surface area contributed by atoms with Gasteiger partial charge in [0, 0.05) is 37.9 Å². The molecule has 0 bridgehead atoms. The Hall–Kier alpha value is -2.92. The summed E-state index contributed by atoms with van der Waals surface area (Å²) in [6, 6.07) is 12.2. The predicted molar refractivity (Wildman–Crippen MR) is 123 cm³/mol. The van der Waals surface area contributed by atoms with Crippen LogP contribution in [0.25, 0.3) is 6.08 Å². The molecule has 1 heterocycles. The summed E-state index contributed by atoms with van der Waals surface area (Å²) in [5, 5.41) is 3.04. The molecule has 5 nitrogen and oxygen atoms in total. The SMILES string of the molecule is Cc1ccc(/C=C/C(=O)N2CCN(CC(=O)Nc3c(C)cccc3C)CC2)c(C)c1. The largest absolute Gasteiger partial charge is 0.337 e. The number of hydrogen-bond acceptors (Lipinski definition) is 3. The molecule has 1 fully saturated rings. The first-order valence-electron chi connectivity index (χ1n) is 10.5. The van der Waals surface area contributed by atoms with Crippen LogP contribution in [0.1, 0.15) is 27.8 Å². The molecule has 0 aromatic heterocycles. The van der Waals surface area contributed by atoms with Crippen molar-refractivity contribution >= 4 is 23.6 Å². The molecule has 0 aliphatic carbocycles. The van der Waals surface area contributed by atoms with E-state index in [9.17, 15) is 9.59 Å². The first-order valence-corrected chi connectivity index (χ1v) is 10.5. The lowest BCUT2D eigenvalue weighted by atomic mass is 10.1.